The maximum absolute atomic E-state index is 13.4. The van der Waals surface area contributed by atoms with E-state index in [0.717, 1.165) is 0 Å². The van der Waals surface area contributed by atoms with Crippen molar-refractivity contribution in [1.29, 1.82) is 0 Å². The van der Waals surface area contributed by atoms with E-state index in [-0.39, 0.29) is 6.42 Å². The summed E-state index contributed by atoms with van der Waals surface area (Å²) in [5, 5.41) is 0. The van der Waals surface area contributed by atoms with Gasteiger partial charge in [0, 0.05) is 18.8 Å². The highest BCUT2D eigenvalue weighted by Crippen LogP contribution is 2.58. The molecule has 0 saturated heterocycles. The van der Waals surface area contributed by atoms with Gasteiger partial charge >= 0.3 is 36.0 Å². The van der Waals surface area contributed by atoms with Crippen LogP contribution in [0.5, 0.6) is 0 Å². The summed E-state index contributed by atoms with van der Waals surface area (Å²) >= 11 is 0. The van der Waals surface area contributed by atoms with Gasteiger partial charge in [0.2, 0.25) is 0 Å². The molecular formula is C14H16F12O. The average Bonchev–Trinajstić information content (AvgIpc) is 2.52. The zero-order valence-electron chi connectivity index (χ0n) is 13.9. The lowest BCUT2D eigenvalue weighted by atomic mass is 9.91. The molecule has 0 bridgehead atoms. The van der Waals surface area contributed by atoms with E-state index in [1.54, 1.807) is 0 Å². The van der Waals surface area contributed by atoms with Gasteiger partial charge in [-0.3, -0.25) is 4.79 Å². The van der Waals surface area contributed by atoms with Gasteiger partial charge in [-0.15, -0.1) is 0 Å². The molecule has 0 N–H and O–H groups in total. The van der Waals surface area contributed by atoms with Crippen molar-refractivity contribution in [3.8, 4) is 0 Å². The van der Waals surface area contributed by atoms with Crippen LogP contribution in [-0.4, -0.2) is 41.8 Å². The zero-order chi connectivity index (χ0) is 22.1. The standard InChI is InChI=1S/C14H16F12O/c1-3-7(2)8(27)5-4-6-10(17,18)12(21,22)14(25,26)13(23,24)11(19,20)9(15)16/h7,9H,3-6H2,1-2H3. The van der Waals surface area contributed by atoms with Crippen molar-refractivity contribution >= 4 is 5.78 Å². The van der Waals surface area contributed by atoms with E-state index < -0.39 is 67.0 Å². The Morgan fingerprint density at radius 2 is 1.26 bits per heavy atom. The molecule has 0 saturated carbocycles. The van der Waals surface area contributed by atoms with Gasteiger partial charge in [-0.05, 0) is 12.8 Å². The summed E-state index contributed by atoms with van der Waals surface area (Å²) in [6.07, 6.45) is -9.42. The van der Waals surface area contributed by atoms with Crippen molar-refractivity contribution < 1.29 is 57.5 Å². The molecule has 0 fully saturated rings. The normalized spacial score (nSPS) is 16.0. The number of hydrogen-bond acceptors (Lipinski definition) is 1. The zero-order valence-corrected chi connectivity index (χ0v) is 13.9. The highest BCUT2D eigenvalue weighted by molar-refractivity contribution is 5.80. The number of alkyl halides is 12. The first-order valence-corrected chi connectivity index (χ1v) is 7.51. The van der Waals surface area contributed by atoms with Crippen molar-refractivity contribution in [3.63, 3.8) is 0 Å². The summed E-state index contributed by atoms with van der Waals surface area (Å²) in [6.45, 7) is 2.88. The molecule has 1 unspecified atom stereocenters. The average molecular weight is 428 g/mol. The van der Waals surface area contributed by atoms with Crippen LogP contribution in [0.1, 0.15) is 39.5 Å². The van der Waals surface area contributed by atoms with Crippen LogP contribution >= 0.6 is 0 Å². The molecule has 0 amide bonds. The van der Waals surface area contributed by atoms with Crippen molar-refractivity contribution in [2.45, 2.75) is 75.6 Å². The molecule has 0 heterocycles. The molecule has 13 heteroatoms. The van der Waals surface area contributed by atoms with Crippen LogP contribution in [0.25, 0.3) is 0 Å². The molecule has 27 heavy (non-hydrogen) atoms. The molecule has 0 radical (unpaired) electrons. The molecule has 0 spiro atoms. The molecule has 1 nitrogen and oxygen atoms in total. The Labute approximate surface area is 146 Å². The van der Waals surface area contributed by atoms with Crippen molar-refractivity contribution in [3.05, 3.63) is 0 Å². The van der Waals surface area contributed by atoms with E-state index in [4.69, 9.17) is 0 Å². The van der Waals surface area contributed by atoms with Crippen LogP contribution in [0.15, 0.2) is 0 Å². The van der Waals surface area contributed by atoms with E-state index in [2.05, 4.69) is 0 Å². The lowest BCUT2D eigenvalue weighted by molar-refractivity contribution is -0.413. The van der Waals surface area contributed by atoms with Gasteiger partial charge in [-0.25, -0.2) is 8.78 Å². The fourth-order valence-corrected chi connectivity index (χ4v) is 1.89. The minimum Gasteiger partial charge on any atom is -0.299 e. The largest absolute Gasteiger partial charge is 0.384 e. The summed E-state index contributed by atoms with van der Waals surface area (Å²) < 4.78 is 155. The molecule has 0 aromatic rings. The molecule has 0 rings (SSSR count). The van der Waals surface area contributed by atoms with E-state index >= 15 is 0 Å². The molecule has 0 aromatic carbocycles. The Hall–Kier alpha value is -1.17. The number of hydrogen-bond donors (Lipinski definition) is 0. The van der Waals surface area contributed by atoms with Crippen LogP contribution in [0.4, 0.5) is 52.7 Å². The number of halogens is 12. The van der Waals surface area contributed by atoms with Crippen LogP contribution in [0, 0.1) is 5.92 Å². The van der Waals surface area contributed by atoms with E-state index in [1.165, 1.54) is 13.8 Å². The van der Waals surface area contributed by atoms with E-state index in [0.29, 0.717) is 0 Å². The third-order valence-corrected chi connectivity index (χ3v) is 4.02. The van der Waals surface area contributed by atoms with Gasteiger partial charge in [-0.2, -0.15) is 43.9 Å². The Morgan fingerprint density at radius 3 is 1.63 bits per heavy atom. The minimum atomic E-state index is -7.51. The second-order valence-electron chi connectivity index (χ2n) is 5.98. The molecule has 0 aromatic heterocycles. The third-order valence-electron chi connectivity index (χ3n) is 4.02. The van der Waals surface area contributed by atoms with E-state index in [9.17, 15) is 57.5 Å². The number of rotatable bonds is 11. The Kier molecular flexibility index (Phi) is 7.71. The van der Waals surface area contributed by atoms with E-state index in [1.807, 2.05) is 0 Å². The number of Topliss-reactive ketones (excluding diaryl/α,β-unsaturated/α-hetero) is 1. The Balaban J connectivity index is 5.57. The molecule has 162 valence electrons. The predicted molar refractivity (Wildman–Crippen MR) is 69.1 cm³/mol. The first-order chi connectivity index (χ1) is 11.8. The fourth-order valence-electron chi connectivity index (χ4n) is 1.89. The second-order valence-corrected chi connectivity index (χ2v) is 5.98. The van der Waals surface area contributed by atoms with Gasteiger partial charge in [0.1, 0.15) is 5.78 Å². The monoisotopic (exact) mass is 428 g/mol. The Morgan fingerprint density at radius 1 is 0.815 bits per heavy atom. The summed E-state index contributed by atoms with van der Waals surface area (Å²) in [7, 11) is 0. The molecule has 0 aliphatic carbocycles. The topological polar surface area (TPSA) is 17.1 Å². The van der Waals surface area contributed by atoms with Crippen molar-refractivity contribution in [2.24, 2.45) is 5.92 Å². The van der Waals surface area contributed by atoms with Gasteiger partial charge in [0.15, 0.2) is 0 Å². The van der Waals surface area contributed by atoms with Gasteiger partial charge in [-0.1, -0.05) is 13.8 Å². The summed E-state index contributed by atoms with van der Waals surface area (Å²) in [4.78, 5) is 11.4. The predicted octanol–water partition coefficient (Wildman–Crippen LogP) is 6.21. The first-order valence-electron chi connectivity index (χ1n) is 7.51. The first kappa shape index (κ1) is 25.8. The molecular weight excluding hydrogens is 412 g/mol. The molecule has 0 aliphatic heterocycles. The van der Waals surface area contributed by atoms with Crippen molar-refractivity contribution in [1.82, 2.24) is 0 Å². The van der Waals surface area contributed by atoms with Crippen molar-refractivity contribution in [2.75, 3.05) is 0 Å². The van der Waals surface area contributed by atoms with Gasteiger partial charge in [0.25, 0.3) is 0 Å². The maximum atomic E-state index is 13.4. The SMILES string of the molecule is CCC(C)C(=O)CCCC(F)(F)C(F)(F)C(F)(F)C(F)(F)C(F)(F)C(F)F. The highest BCUT2D eigenvalue weighted by Gasteiger charge is 2.87. The lowest BCUT2D eigenvalue weighted by Crippen LogP contribution is -2.68. The third kappa shape index (κ3) is 4.47. The van der Waals surface area contributed by atoms with Crippen LogP contribution < -0.4 is 0 Å². The second kappa shape index (κ2) is 8.06. The fraction of sp³-hybridized carbons (Fsp3) is 0.929. The molecule has 1 atom stereocenters. The van der Waals surface area contributed by atoms with Gasteiger partial charge < -0.3 is 0 Å². The quantitative estimate of drug-likeness (QED) is 0.358. The van der Waals surface area contributed by atoms with Gasteiger partial charge in [0.05, 0.1) is 0 Å². The maximum Gasteiger partial charge on any atom is 0.384 e. The number of ketones is 1. The van der Waals surface area contributed by atoms with Crippen LogP contribution in [-0.2, 0) is 4.79 Å². The van der Waals surface area contributed by atoms with Crippen LogP contribution in [0.2, 0.25) is 0 Å². The molecule has 0 aliphatic rings. The summed E-state index contributed by atoms with van der Waals surface area (Å²) in [6, 6.07) is 0. The lowest BCUT2D eigenvalue weighted by Gasteiger charge is -2.39. The van der Waals surface area contributed by atoms with Crippen LogP contribution in [0.3, 0.4) is 0 Å². The highest BCUT2D eigenvalue weighted by atomic mass is 19.4. The minimum absolute atomic E-state index is 0.248. The summed E-state index contributed by atoms with van der Waals surface area (Å²) in [5.41, 5.74) is 0. The number of carbonyl (C=O) groups is 1. The summed E-state index contributed by atoms with van der Waals surface area (Å²) in [5.74, 6) is -36.4. The number of carbonyl (C=O) groups excluding carboxylic acids is 1. The Bertz CT molecular complexity index is 514. The smallest absolute Gasteiger partial charge is 0.299 e.